The first kappa shape index (κ1) is 29.3. The Morgan fingerprint density at radius 2 is 1.41 bits per heavy atom. The maximum atomic E-state index is 12.9. The number of carboxylic acids is 1. The number of carbonyl (C=O) groups is 5. The Morgan fingerprint density at radius 1 is 0.844 bits per heavy atom. The van der Waals surface area contributed by atoms with Crippen LogP contribution in [0.5, 0.6) is 0 Å². The molecule has 0 aliphatic rings. The SMILES string of the molecule is CC(C)CC(NC(=O)C(N)CCCCN)C(=O)NC(CCC(N)=O)C(=O)NC(C)C(=O)O. The Morgan fingerprint density at radius 3 is 1.91 bits per heavy atom. The number of carbonyl (C=O) groups excluding carboxylic acids is 4. The summed E-state index contributed by atoms with van der Waals surface area (Å²) in [6.45, 7) is 5.47. The van der Waals surface area contributed by atoms with Gasteiger partial charge in [0.1, 0.15) is 18.1 Å². The van der Waals surface area contributed by atoms with E-state index in [1.165, 1.54) is 6.92 Å². The van der Waals surface area contributed by atoms with Gasteiger partial charge in [-0.25, -0.2) is 0 Å². The van der Waals surface area contributed by atoms with E-state index in [4.69, 9.17) is 22.3 Å². The fourth-order valence-corrected chi connectivity index (χ4v) is 2.82. The summed E-state index contributed by atoms with van der Waals surface area (Å²) in [7, 11) is 0. The topological polar surface area (TPSA) is 220 Å². The highest BCUT2D eigenvalue weighted by Crippen LogP contribution is 2.08. The molecule has 0 saturated carbocycles. The van der Waals surface area contributed by atoms with Crippen molar-refractivity contribution in [3.8, 4) is 0 Å². The number of rotatable bonds is 16. The number of hydrogen-bond donors (Lipinski definition) is 7. The summed E-state index contributed by atoms with van der Waals surface area (Å²) in [5, 5.41) is 16.4. The van der Waals surface area contributed by atoms with Crippen LogP contribution in [0.2, 0.25) is 0 Å². The van der Waals surface area contributed by atoms with E-state index < -0.39 is 53.8 Å². The second-order valence-electron chi connectivity index (χ2n) is 8.22. The van der Waals surface area contributed by atoms with Crippen LogP contribution in [0.1, 0.15) is 59.3 Å². The van der Waals surface area contributed by atoms with Crippen molar-refractivity contribution in [1.29, 1.82) is 0 Å². The number of hydrogen-bond acceptors (Lipinski definition) is 7. The largest absolute Gasteiger partial charge is 0.480 e. The van der Waals surface area contributed by atoms with Gasteiger partial charge in [0.05, 0.1) is 6.04 Å². The number of aliphatic carboxylic acids is 1. The molecule has 184 valence electrons. The number of unbranched alkanes of at least 4 members (excludes halogenated alkanes) is 1. The minimum Gasteiger partial charge on any atom is -0.480 e. The van der Waals surface area contributed by atoms with Gasteiger partial charge in [-0.1, -0.05) is 20.3 Å². The average molecular weight is 459 g/mol. The molecule has 4 unspecified atom stereocenters. The first-order valence-corrected chi connectivity index (χ1v) is 10.8. The number of amides is 4. The minimum absolute atomic E-state index is 0.0319. The highest BCUT2D eigenvalue weighted by Gasteiger charge is 2.29. The summed E-state index contributed by atoms with van der Waals surface area (Å²) in [6.07, 6.45) is 1.76. The maximum absolute atomic E-state index is 12.9. The van der Waals surface area contributed by atoms with E-state index in [2.05, 4.69) is 16.0 Å². The van der Waals surface area contributed by atoms with Crippen LogP contribution in [0.4, 0.5) is 0 Å². The molecule has 4 atom stereocenters. The Labute approximate surface area is 188 Å². The van der Waals surface area contributed by atoms with Gasteiger partial charge in [-0.3, -0.25) is 24.0 Å². The van der Waals surface area contributed by atoms with E-state index in [1.807, 2.05) is 13.8 Å². The van der Waals surface area contributed by atoms with Crippen molar-refractivity contribution in [3.05, 3.63) is 0 Å². The third-order valence-electron chi connectivity index (χ3n) is 4.69. The van der Waals surface area contributed by atoms with Crippen LogP contribution in [-0.4, -0.2) is 65.4 Å². The zero-order valence-corrected chi connectivity index (χ0v) is 19.1. The molecule has 4 amide bonds. The number of primary amides is 1. The van der Waals surface area contributed by atoms with E-state index in [0.29, 0.717) is 19.4 Å². The van der Waals surface area contributed by atoms with E-state index in [-0.39, 0.29) is 25.2 Å². The highest BCUT2D eigenvalue weighted by atomic mass is 16.4. The zero-order valence-electron chi connectivity index (χ0n) is 19.1. The second kappa shape index (κ2) is 15.1. The summed E-state index contributed by atoms with van der Waals surface area (Å²) in [6, 6.07) is -4.19. The summed E-state index contributed by atoms with van der Waals surface area (Å²) in [4.78, 5) is 60.0. The summed E-state index contributed by atoms with van der Waals surface area (Å²) in [5.41, 5.74) is 16.5. The van der Waals surface area contributed by atoms with E-state index >= 15 is 0 Å². The zero-order chi connectivity index (χ0) is 24.8. The molecule has 0 fully saturated rings. The number of carboxylic acid groups (broad SMARTS) is 1. The van der Waals surface area contributed by atoms with Crippen molar-refractivity contribution in [1.82, 2.24) is 16.0 Å². The molecule has 0 saturated heterocycles. The fraction of sp³-hybridized carbons (Fsp3) is 0.750. The molecule has 0 aromatic carbocycles. The molecule has 12 heteroatoms. The van der Waals surface area contributed by atoms with Gasteiger partial charge in [0.15, 0.2) is 0 Å². The lowest BCUT2D eigenvalue weighted by Crippen LogP contribution is -2.57. The monoisotopic (exact) mass is 458 g/mol. The van der Waals surface area contributed by atoms with E-state index in [9.17, 15) is 24.0 Å². The lowest BCUT2D eigenvalue weighted by molar-refractivity contribution is -0.142. The molecular formula is C20H38N6O6. The van der Waals surface area contributed by atoms with Gasteiger partial charge in [-0.05, 0) is 45.1 Å². The Kier molecular flexibility index (Phi) is 13.8. The van der Waals surface area contributed by atoms with Crippen LogP contribution in [-0.2, 0) is 24.0 Å². The van der Waals surface area contributed by atoms with Gasteiger partial charge in [-0.15, -0.1) is 0 Å². The summed E-state index contributed by atoms with van der Waals surface area (Å²) >= 11 is 0. The van der Waals surface area contributed by atoms with Gasteiger partial charge < -0.3 is 38.3 Å². The van der Waals surface area contributed by atoms with Gasteiger partial charge >= 0.3 is 5.97 Å². The van der Waals surface area contributed by atoms with Gasteiger partial charge in [-0.2, -0.15) is 0 Å². The normalized spacial score (nSPS) is 14.7. The molecule has 0 aromatic rings. The molecule has 0 aliphatic heterocycles. The van der Waals surface area contributed by atoms with Crippen LogP contribution in [0.15, 0.2) is 0 Å². The first-order valence-electron chi connectivity index (χ1n) is 10.8. The average Bonchev–Trinajstić information content (AvgIpc) is 2.69. The van der Waals surface area contributed by atoms with Crippen molar-refractivity contribution in [3.63, 3.8) is 0 Å². The van der Waals surface area contributed by atoms with E-state index in [1.54, 1.807) is 0 Å². The minimum atomic E-state index is -1.26. The quantitative estimate of drug-likeness (QED) is 0.132. The maximum Gasteiger partial charge on any atom is 0.325 e. The van der Waals surface area contributed by atoms with Crippen molar-refractivity contribution in [2.75, 3.05) is 6.54 Å². The van der Waals surface area contributed by atoms with Crippen molar-refractivity contribution >= 4 is 29.6 Å². The van der Waals surface area contributed by atoms with Gasteiger partial charge in [0.25, 0.3) is 0 Å². The van der Waals surface area contributed by atoms with Gasteiger partial charge in [0.2, 0.25) is 23.6 Å². The Hall–Kier alpha value is -2.73. The molecule has 0 bridgehead atoms. The van der Waals surface area contributed by atoms with Crippen molar-refractivity contribution in [2.45, 2.75) is 83.5 Å². The molecule has 0 heterocycles. The highest BCUT2D eigenvalue weighted by molar-refractivity contribution is 5.94. The number of nitrogens with one attached hydrogen (secondary N) is 3. The second-order valence-corrected chi connectivity index (χ2v) is 8.22. The first-order chi connectivity index (χ1) is 14.9. The third-order valence-corrected chi connectivity index (χ3v) is 4.69. The fourth-order valence-electron chi connectivity index (χ4n) is 2.82. The van der Waals surface area contributed by atoms with Crippen LogP contribution in [0.25, 0.3) is 0 Å². The smallest absolute Gasteiger partial charge is 0.325 e. The predicted octanol–water partition coefficient (Wildman–Crippen LogP) is -1.69. The molecule has 32 heavy (non-hydrogen) atoms. The van der Waals surface area contributed by atoms with Crippen LogP contribution >= 0.6 is 0 Å². The van der Waals surface area contributed by atoms with Gasteiger partial charge in [0, 0.05) is 6.42 Å². The lowest BCUT2D eigenvalue weighted by Gasteiger charge is -2.25. The molecular weight excluding hydrogens is 420 g/mol. The third kappa shape index (κ3) is 12.2. The molecule has 0 aromatic heterocycles. The van der Waals surface area contributed by atoms with Crippen LogP contribution < -0.4 is 33.2 Å². The predicted molar refractivity (Wildman–Crippen MR) is 118 cm³/mol. The van der Waals surface area contributed by atoms with Crippen molar-refractivity contribution < 1.29 is 29.1 Å². The van der Waals surface area contributed by atoms with Crippen LogP contribution in [0.3, 0.4) is 0 Å². The summed E-state index contributed by atoms with van der Waals surface area (Å²) in [5.74, 6) is -3.83. The summed E-state index contributed by atoms with van der Waals surface area (Å²) < 4.78 is 0. The standard InChI is InChI=1S/C20H38N6O6/c1-11(2)10-15(26-17(28)13(22)6-4-5-9-21)19(30)25-14(7-8-16(23)27)18(29)24-12(3)20(31)32/h11-15H,4-10,21-22H2,1-3H3,(H2,23,27)(H,24,29)(H,25,30)(H,26,28)(H,31,32). The molecule has 0 radical (unpaired) electrons. The molecule has 0 aliphatic carbocycles. The van der Waals surface area contributed by atoms with Crippen LogP contribution in [0, 0.1) is 5.92 Å². The molecule has 12 nitrogen and oxygen atoms in total. The number of nitrogens with two attached hydrogens (primary N) is 3. The van der Waals surface area contributed by atoms with E-state index in [0.717, 1.165) is 6.42 Å². The molecule has 10 N–H and O–H groups in total. The van der Waals surface area contributed by atoms with Crippen molar-refractivity contribution in [2.24, 2.45) is 23.1 Å². The lowest BCUT2D eigenvalue weighted by atomic mass is 10.0. The Balaban J connectivity index is 5.32. The Bertz CT molecular complexity index is 656. The molecule has 0 spiro atoms. The molecule has 0 rings (SSSR count).